The van der Waals surface area contributed by atoms with Crippen molar-refractivity contribution in [3.8, 4) is 11.3 Å². The molecule has 10 heteroatoms. The number of nitrogens with one attached hydrogen (secondary N) is 1. The Morgan fingerprint density at radius 2 is 1.81 bits per heavy atom. The highest BCUT2D eigenvalue weighted by Crippen LogP contribution is 2.24. The summed E-state index contributed by atoms with van der Waals surface area (Å²) in [6.45, 7) is 1.50. The molecule has 4 rings (SSSR count). The third-order valence-electron chi connectivity index (χ3n) is 4.63. The van der Waals surface area contributed by atoms with Crippen LogP contribution in [0.3, 0.4) is 0 Å². The van der Waals surface area contributed by atoms with Gasteiger partial charge < -0.3 is 4.74 Å². The third-order valence-corrected chi connectivity index (χ3v) is 7.30. The van der Waals surface area contributed by atoms with Crippen molar-refractivity contribution in [2.75, 3.05) is 31.6 Å². The largest absolute Gasteiger partial charge is 0.379 e. The monoisotopic (exact) mass is 456 g/mol. The van der Waals surface area contributed by atoms with E-state index >= 15 is 0 Å². The average molecular weight is 457 g/mol. The zero-order valence-electron chi connectivity index (χ0n) is 16.5. The van der Waals surface area contributed by atoms with E-state index in [4.69, 9.17) is 4.74 Å². The zero-order valence-corrected chi connectivity index (χ0v) is 18.1. The van der Waals surface area contributed by atoms with E-state index in [0.29, 0.717) is 37.0 Å². The molecular weight excluding hydrogens is 436 g/mol. The number of ether oxygens (including phenoxy) is 1. The van der Waals surface area contributed by atoms with Gasteiger partial charge in [-0.15, -0.1) is 11.3 Å². The van der Waals surface area contributed by atoms with Gasteiger partial charge in [0.05, 0.1) is 23.8 Å². The number of rotatable bonds is 6. The highest BCUT2D eigenvalue weighted by atomic mass is 32.2. The fourth-order valence-electron chi connectivity index (χ4n) is 2.99. The molecule has 160 valence electrons. The Labute approximate surface area is 184 Å². The van der Waals surface area contributed by atoms with E-state index in [1.165, 1.54) is 21.7 Å². The smallest absolute Gasteiger partial charge is 0.250 e. The molecule has 0 spiro atoms. The molecule has 1 fully saturated rings. The van der Waals surface area contributed by atoms with Crippen LogP contribution in [0.5, 0.6) is 0 Å². The second-order valence-corrected chi connectivity index (χ2v) is 9.48. The molecule has 0 unspecified atom stereocenters. The van der Waals surface area contributed by atoms with Crippen LogP contribution in [0.2, 0.25) is 0 Å². The maximum absolute atomic E-state index is 12.7. The summed E-state index contributed by atoms with van der Waals surface area (Å²) in [6.07, 6.45) is 6.39. The summed E-state index contributed by atoms with van der Waals surface area (Å²) in [4.78, 5) is 20.8. The topological polar surface area (TPSA) is 101 Å². The van der Waals surface area contributed by atoms with Crippen molar-refractivity contribution in [1.82, 2.24) is 14.3 Å². The van der Waals surface area contributed by atoms with Crippen molar-refractivity contribution in [3.63, 3.8) is 0 Å². The first-order chi connectivity index (χ1) is 15.0. The van der Waals surface area contributed by atoms with Gasteiger partial charge in [-0.2, -0.15) is 4.31 Å². The fourth-order valence-corrected chi connectivity index (χ4v) is 5.12. The molecule has 31 heavy (non-hydrogen) atoms. The fraction of sp³-hybridized carbons (Fsp3) is 0.190. The van der Waals surface area contributed by atoms with E-state index < -0.39 is 10.0 Å². The lowest BCUT2D eigenvalue weighted by atomic mass is 10.2. The Morgan fingerprint density at radius 1 is 1.10 bits per heavy atom. The molecular formula is C21H20N4O4S2. The van der Waals surface area contributed by atoms with Gasteiger partial charge in [-0.25, -0.2) is 13.4 Å². The normalized spacial score (nSPS) is 15.2. The average Bonchev–Trinajstić information content (AvgIpc) is 3.27. The molecule has 1 aliphatic rings. The van der Waals surface area contributed by atoms with Gasteiger partial charge in [0.25, 0.3) is 0 Å². The second kappa shape index (κ2) is 9.48. The van der Waals surface area contributed by atoms with Crippen LogP contribution in [0.4, 0.5) is 5.13 Å². The van der Waals surface area contributed by atoms with Crippen LogP contribution in [-0.4, -0.2) is 54.9 Å². The van der Waals surface area contributed by atoms with Gasteiger partial charge in [-0.1, -0.05) is 12.1 Å². The maximum Gasteiger partial charge on any atom is 0.250 e. The first-order valence-electron chi connectivity index (χ1n) is 9.55. The SMILES string of the molecule is O=C(/C=C/c1ccc(S(=O)(=O)N2CCOCC2)cc1)Nc1nc(-c2ccncc2)cs1. The van der Waals surface area contributed by atoms with Gasteiger partial charge in [0.2, 0.25) is 15.9 Å². The van der Waals surface area contributed by atoms with Gasteiger partial charge in [0.15, 0.2) is 5.13 Å². The maximum atomic E-state index is 12.7. The molecule has 3 aromatic rings. The number of morpholine rings is 1. The lowest BCUT2D eigenvalue weighted by Gasteiger charge is -2.26. The minimum atomic E-state index is -3.53. The summed E-state index contributed by atoms with van der Waals surface area (Å²) in [5, 5.41) is 5.09. The molecule has 1 saturated heterocycles. The highest BCUT2D eigenvalue weighted by molar-refractivity contribution is 7.89. The minimum Gasteiger partial charge on any atom is -0.379 e. The molecule has 0 radical (unpaired) electrons. The molecule has 3 heterocycles. The van der Waals surface area contributed by atoms with Crippen LogP contribution in [-0.2, 0) is 19.6 Å². The van der Waals surface area contributed by atoms with E-state index in [0.717, 1.165) is 11.3 Å². The number of carbonyl (C=O) groups is 1. The first kappa shape index (κ1) is 21.3. The van der Waals surface area contributed by atoms with Gasteiger partial charge in [0, 0.05) is 42.5 Å². The molecule has 1 N–H and O–H groups in total. The number of sulfonamides is 1. The molecule has 1 aromatic carbocycles. The van der Waals surface area contributed by atoms with E-state index in [2.05, 4.69) is 15.3 Å². The molecule has 0 aliphatic carbocycles. The molecule has 0 atom stereocenters. The van der Waals surface area contributed by atoms with Crippen LogP contribution in [0.15, 0.2) is 65.1 Å². The van der Waals surface area contributed by atoms with Gasteiger partial charge in [-0.3, -0.25) is 15.1 Å². The van der Waals surface area contributed by atoms with Crippen molar-refractivity contribution in [2.45, 2.75) is 4.90 Å². The number of benzene rings is 1. The lowest BCUT2D eigenvalue weighted by molar-refractivity contribution is -0.111. The van der Waals surface area contributed by atoms with Crippen molar-refractivity contribution >= 4 is 38.5 Å². The van der Waals surface area contributed by atoms with Crippen LogP contribution in [0, 0.1) is 0 Å². The van der Waals surface area contributed by atoms with Gasteiger partial charge in [0.1, 0.15) is 0 Å². The van der Waals surface area contributed by atoms with E-state index in [9.17, 15) is 13.2 Å². The number of hydrogen-bond donors (Lipinski definition) is 1. The molecule has 0 saturated carbocycles. The predicted molar refractivity (Wildman–Crippen MR) is 119 cm³/mol. The van der Waals surface area contributed by atoms with Crippen molar-refractivity contribution in [3.05, 3.63) is 65.8 Å². The Morgan fingerprint density at radius 3 is 2.52 bits per heavy atom. The number of aromatic nitrogens is 2. The number of carbonyl (C=O) groups excluding carboxylic acids is 1. The summed E-state index contributed by atoms with van der Waals surface area (Å²) in [7, 11) is -3.53. The van der Waals surface area contributed by atoms with Crippen molar-refractivity contribution in [1.29, 1.82) is 0 Å². The summed E-state index contributed by atoms with van der Waals surface area (Å²) >= 11 is 1.33. The summed E-state index contributed by atoms with van der Waals surface area (Å²) in [5.41, 5.74) is 2.41. The Balaban J connectivity index is 1.37. The number of anilines is 1. The van der Waals surface area contributed by atoms with Crippen LogP contribution in [0.25, 0.3) is 17.3 Å². The van der Waals surface area contributed by atoms with Crippen LogP contribution in [0.1, 0.15) is 5.56 Å². The molecule has 8 nitrogen and oxygen atoms in total. The number of hydrogen-bond acceptors (Lipinski definition) is 7. The third kappa shape index (κ3) is 5.23. The van der Waals surface area contributed by atoms with Crippen molar-refractivity contribution < 1.29 is 17.9 Å². The van der Waals surface area contributed by atoms with Gasteiger partial charge >= 0.3 is 0 Å². The first-order valence-corrected chi connectivity index (χ1v) is 11.9. The van der Waals surface area contributed by atoms with E-state index in [1.807, 2.05) is 17.5 Å². The summed E-state index contributed by atoms with van der Waals surface area (Å²) in [5.74, 6) is -0.319. The zero-order chi connectivity index (χ0) is 21.7. The van der Waals surface area contributed by atoms with Crippen molar-refractivity contribution in [2.24, 2.45) is 0 Å². The Hall–Kier alpha value is -2.92. The number of thiazole rings is 1. The molecule has 1 aliphatic heterocycles. The quantitative estimate of drug-likeness (QED) is 0.573. The second-order valence-electron chi connectivity index (χ2n) is 6.68. The van der Waals surface area contributed by atoms with E-state index in [-0.39, 0.29) is 10.8 Å². The summed E-state index contributed by atoms with van der Waals surface area (Å²) < 4.78 is 31.9. The number of amides is 1. The lowest BCUT2D eigenvalue weighted by Crippen LogP contribution is -2.40. The molecule has 1 amide bonds. The Bertz CT molecular complexity index is 1170. The van der Waals surface area contributed by atoms with Crippen LogP contribution >= 0.6 is 11.3 Å². The van der Waals surface area contributed by atoms with Gasteiger partial charge in [-0.05, 0) is 35.9 Å². The molecule has 0 bridgehead atoms. The predicted octanol–water partition coefficient (Wildman–Crippen LogP) is 2.88. The minimum absolute atomic E-state index is 0.224. The molecule has 2 aromatic heterocycles. The number of nitrogens with zero attached hydrogens (tertiary/aromatic N) is 3. The number of pyridine rings is 1. The standard InChI is InChI=1S/C21H20N4O4S2/c26-20(24-21-23-19(15-30-21)17-7-9-22-10-8-17)6-3-16-1-4-18(5-2-16)31(27,28)25-11-13-29-14-12-25/h1-10,15H,11-14H2,(H,23,24,26)/b6-3+. The highest BCUT2D eigenvalue weighted by Gasteiger charge is 2.25. The van der Waals surface area contributed by atoms with E-state index in [1.54, 1.807) is 42.7 Å². The Kier molecular flexibility index (Phi) is 6.52. The van der Waals surface area contributed by atoms with Crippen LogP contribution < -0.4 is 5.32 Å². The summed E-state index contributed by atoms with van der Waals surface area (Å²) in [6, 6.07) is 10.1.